The van der Waals surface area contributed by atoms with Crippen LogP contribution in [0, 0.1) is 0 Å². The first-order chi connectivity index (χ1) is 13.5. The van der Waals surface area contributed by atoms with E-state index in [1.807, 2.05) is 42.6 Å². The molecule has 0 unspecified atom stereocenters. The number of aromatic nitrogens is 1. The van der Waals surface area contributed by atoms with E-state index in [-0.39, 0.29) is 12.3 Å². The standard InChI is InChI=1S/C21H21N3O3S/c1-2-27-18-8-6-15(7-9-18)21-24-17(13-28-21)11-19(25)23-12-14-4-3-5-16(10-14)20(22)26/h3-10,13H,2,11-12H2,1H3,(H2,22,26)(H,23,25). The van der Waals surface area contributed by atoms with Crippen molar-refractivity contribution in [2.75, 3.05) is 6.61 Å². The van der Waals surface area contributed by atoms with E-state index in [0.29, 0.717) is 18.7 Å². The van der Waals surface area contributed by atoms with Crippen LogP contribution < -0.4 is 15.8 Å². The van der Waals surface area contributed by atoms with Gasteiger partial charge in [0.15, 0.2) is 0 Å². The quantitative estimate of drug-likeness (QED) is 0.612. The van der Waals surface area contributed by atoms with E-state index in [4.69, 9.17) is 10.5 Å². The Morgan fingerprint density at radius 3 is 2.68 bits per heavy atom. The van der Waals surface area contributed by atoms with E-state index in [1.54, 1.807) is 18.2 Å². The predicted octanol–water partition coefficient (Wildman–Crippen LogP) is 3.17. The number of nitrogens with two attached hydrogens (primary N) is 1. The molecule has 0 aliphatic heterocycles. The fourth-order valence-electron chi connectivity index (χ4n) is 2.64. The molecule has 0 radical (unpaired) electrons. The summed E-state index contributed by atoms with van der Waals surface area (Å²) >= 11 is 1.50. The zero-order valence-electron chi connectivity index (χ0n) is 15.5. The normalized spacial score (nSPS) is 10.5. The van der Waals surface area contributed by atoms with Crippen LogP contribution in [-0.4, -0.2) is 23.4 Å². The maximum atomic E-state index is 12.2. The van der Waals surface area contributed by atoms with Crippen molar-refractivity contribution >= 4 is 23.2 Å². The van der Waals surface area contributed by atoms with Gasteiger partial charge < -0.3 is 15.8 Å². The molecule has 7 heteroatoms. The number of nitrogens with one attached hydrogen (secondary N) is 1. The summed E-state index contributed by atoms with van der Waals surface area (Å²) in [6.07, 6.45) is 0.197. The van der Waals surface area contributed by atoms with Crippen LogP contribution in [0.3, 0.4) is 0 Å². The van der Waals surface area contributed by atoms with Crippen LogP contribution in [0.5, 0.6) is 5.75 Å². The fourth-order valence-corrected chi connectivity index (χ4v) is 3.47. The van der Waals surface area contributed by atoms with Gasteiger partial charge in [-0.05, 0) is 48.9 Å². The first kappa shape index (κ1) is 19.6. The second-order valence-corrected chi connectivity index (χ2v) is 6.98. The van der Waals surface area contributed by atoms with Gasteiger partial charge in [0.25, 0.3) is 0 Å². The minimum Gasteiger partial charge on any atom is -0.494 e. The Balaban J connectivity index is 1.56. The van der Waals surface area contributed by atoms with Gasteiger partial charge in [-0.2, -0.15) is 0 Å². The number of hydrogen-bond acceptors (Lipinski definition) is 5. The van der Waals surface area contributed by atoms with E-state index in [2.05, 4.69) is 10.3 Å². The van der Waals surface area contributed by atoms with Crippen LogP contribution in [0.2, 0.25) is 0 Å². The number of thiazole rings is 1. The highest BCUT2D eigenvalue weighted by Gasteiger charge is 2.10. The molecule has 1 heterocycles. The molecule has 144 valence electrons. The van der Waals surface area contributed by atoms with Gasteiger partial charge in [0.1, 0.15) is 10.8 Å². The lowest BCUT2D eigenvalue weighted by molar-refractivity contribution is -0.120. The largest absolute Gasteiger partial charge is 0.494 e. The number of ether oxygens (including phenoxy) is 1. The van der Waals surface area contributed by atoms with Crippen molar-refractivity contribution in [2.24, 2.45) is 5.73 Å². The van der Waals surface area contributed by atoms with Crippen LogP contribution in [0.1, 0.15) is 28.5 Å². The number of amides is 2. The van der Waals surface area contributed by atoms with E-state index in [0.717, 1.165) is 27.6 Å². The van der Waals surface area contributed by atoms with Gasteiger partial charge in [0.2, 0.25) is 11.8 Å². The Bertz CT molecular complexity index is 967. The number of carbonyl (C=O) groups is 2. The molecule has 0 atom stereocenters. The van der Waals surface area contributed by atoms with Gasteiger partial charge in [0, 0.05) is 23.1 Å². The van der Waals surface area contributed by atoms with E-state index < -0.39 is 5.91 Å². The lowest BCUT2D eigenvalue weighted by Gasteiger charge is -2.05. The number of primary amides is 1. The molecule has 0 bridgehead atoms. The van der Waals surface area contributed by atoms with Gasteiger partial charge in [-0.3, -0.25) is 9.59 Å². The zero-order chi connectivity index (χ0) is 19.9. The van der Waals surface area contributed by atoms with Crippen molar-refractivity contribution < 1.29 is 14.3 Å². The highest BCUT2D eigenvalue weighted by Crippen LogP contribution is 2.26. The van der Waals surface area contributed by atoms with Crippen molar-refractivity contribution in [3.63, 3.8) is 0 Å². The van der Waals surface area contributed by atoms with Crippen molar-refractivity contribution in [3.05, 3.63) is 70.7 Å². The smallest absolute Gasteiger partial charge is 0.248 e. The molecule has 2 aromatic carbocycles. The van der Waals surface area contributed by atoms with Crippen molar-refractivity contribution in [2.45, 2.75) is 19.9 Å². The number of benzene rings is 2. The Kier molecular flexibility index (Phi) is 6.39. The number of hydrogen-bond donors (Lipinski definition) is 2. The highest BCUT2D eigenvalue weighted by molar-refractivity contribution is 7.13. The Morgan fingerprint density at radius 1 is 1.18 bits per heavy atom. The molecule has 6 nitrogen and oxygen atoms in total. The third-order valence-electron chi connectivity index (χ3n) is 4.01. The van der Waals surface area contributed by atoms with Gasteiger partial charge in [-0.15, -0.1) is 11.3 Å². The second-order valence-electron chi connectivity index (χ2n) is 6.12. The monoisotopic (exact) mass is 395 g/mol. The molecule has 3 aromatic rings. The molecule has 3 N–H and O–H groups in total. The summed E-state index contributed by atoms with van der Waals surface area (Å²) in [4.78, 5) is 28.0. The van der Waals surface area contributed by atoms with Gasteiger partial charge in [-0.1, -0.05) is 12.1 Å². The molecule has 2 amide bonds. The average Bonchev–Trinajstić information content (AvgIpc) is 3.16. The number of nitrogens with zero attached hydrogens (tertiary/aromatic N) is 1. The van der Waals surface area contributed by atoms with Crippen molar-refractivity contribution in [1.29, 1.82) is 0 Å². The van der Waals surface area contributed by atoms with E-state index in [1.165, 1.54) is 11.3 Å². The lowest BCUT2D eigenvalue weighted by atomic mass is 10.1. The Hall–Kier alpha value is -3.19. The molecule has 3 rings (SSSR count). The molecule has 0 aliphatic carbocycles. The molecule has 28 heavy (non-hydrogen) atoms. The second kappa shape index (κ2) is 9.14. The summed E-state index contributed by atoms with van der Waals surface area (Å²) < 4.78 is 5.44. The summed E-state index contributed by atoms with van der Waals surface area (Å²) in [5, 5.41) is 5.59. The SMILES string of the molecule is CCOc1ccc(-c2nc(CC(=O)NCc3cccc(C(N)=O)c3)cs2)cc1. The minimum absolute atomic E-state index is 0.131. The van der Waals surface area contributed by atoms with Crippen LogP contribution in [-0.2, 0) is 17.8 Å². The number of rotatable bonds is 8. The zero-order valence-corrected chi connectivity index (χ0v) is 16.3. The highest BCUT2D eigenvalue weighted by atomic mass is 32.1. The van der Waals surface area contributed by atoms with Gasteiger partial charge in [0.05, 0.1) is 18.7 Å². The first-order valence-electron chi connectivity index (χ1n) is 8.88. The molecule has 1 aromatic heterocycles. The molecular formula is C21H21N3O3S. The first-order valence-corrected chi connectivity index (χ1v) is 9.76. The third-order valence-corrected chi connectivity index (χ3v) is 4.95. The molecule has 0 aliphatic rings. The predicted molar refractivity (Wildman–Crippen MR) is 109 cm³/mol. The summed E-state index contributed by atoms with van der Waals surface area (Å²) in [6.45, 7) is 2.90. The molecular weight excluding hydrogens is 374 g/mol. The summed E-state index contributed by atoms with van der Waals surface area (Å²) in [7, 11) is 0. The van der Waals surface area contributed by atoms with Crippen LogP contribution >= 0.6 is 11.3 Å². The maximum absolute atomic E-state index is 12.2. The molecule has 0 spiro atoms. The minimum atomic E-state index is -0.488. The van der Waals surface area contributed by atoms with Crippen molar-refractivity contribution in [1.82, 2.24) is 10.3 Å². The molecule has 0 fully saturated rings. The van der Waals surface area contributed by atoms with Crippen molar-refractivity contribution in [3.8, 4) is 16.3 Å². The van der Waals surface area contributed by atoms with Crippen LogP contribution in [0.15, 0.2) is 53.9 Å². The van der Waals surface area contributed by atoms with Crippen LogP contribution in [0.25, 0.3) is 10.6 Å². The summed E-state index contributed by atoms with van der Waals surface area (Å²) in [6, 6.07) is 14.6. The average molecular weight is 395 g/mol. The Morgan fingerprint density at radius 2 is 1.96 bits per heavy atom. The molecule has 0 saturated carbocycles. The van der Waals surface area contributed by atoms with Crippen LogP contribution in [0.4, 0.5) is 0 Å². The van der Waals surface area contributed by atoms with E-state index in [9.17, 15) is 9.59 Å². The fraction of sp³-hybridized carbons (Fsp3) is 0.190. The van der Waals surface area contributed by atoms with E-state index >= 15 is 0 Å². The topological polar surface area (TPSA) is 94.3 Å². The van der Waals surface area contributed by atoms with Gasteiger partial charge in [-0.25, -0.2) is 4.98 Å². The third kappa shape index (κ3) is 5.17. The number of carbonyl (C=O) groups excluding carboxylic acids is 2. The lowest BCUT2D eigenvalue weighted by Crippen LogP contribution is -2.24. The Labute approximate surface area is 167 Å². The maximum Gasteiger partial charge on any atom is 0.248 e. The summed E-state index contributed by atoms with van der Waals surface area (Å²) in [5.41, 5.74) is 8.22. The molecule has 0 saturated heterocycles. The van der Waals surface area contributed by atoms with Gasteiger partial charge >= 0.3 is 0 Å². The summed E-state index contributed by atoms with van der Waals surface area (Å²) in [5.74, 6) is 0.202.